The van der Waals surface area contributed by atoms with E-state index in [9.17, 15) is 22.7 Å². The molecule has 0 fully saturated rings. The molecule has 2 aromatic carbocycles. The number of benzene rings is 2. The van der Waals surface area contributed by atoms with Crippen molar-refractivity contribution in [1.29, 1.82) is 0 Å². The fourth-order valence-electron chi connectivity index (χ4n) is 1.87. The molecular weight excluding hydrogens is 331 g/mol. The van der Waals surface area contributed by atoms with Crippen LogP contribution in [-0.2, 0) is 6.18 Å². The standard InChI is InChI=1S/C14H8Cl2F4O/c15-7-4-5-11(16)9(6-7)13(21)8-2-1-3-10(12(8)17)14(18,19)20/h1-6,13,21H. The minimum absolute atomic E-state index is 0.0300. The van der Waals surface area contributed by atoms with E-state index in [0.717, 1.165) is 12.1 Å². The molecule has 0 saturated carbocycles. The van der Waals surface area contributed by atoms with Crippen molar-refractivity contribution in [2.24, 2.45) is 0 Å². The summed E-state index contributed by atoms with van der Waals surface area (Å²) >= 11 is 11.6. The van der Waals surface area contributed by atoms with Gasteiger partial charge in [-0.25, -0.2) is 4.39 Å². The molecule has 2 aromatic rings. The van der Waals surface area contributed by atoms with Crippen molar-refractivity contribution in [3.05, 3.63) is 69.0 Å². The molecule has 112 valence electrons. The summed E-state index contributed by atoms with van der Waals surface area (Å²) in [6, 6.07) is 6.77. The molecule has 0 spiro atoms. The first-order chi connectivity index (χ1) is 9.71. The molecule has 0 radical (unpaired) electrons. The Kier molecular flexibility index (Phi) is 4.46. The second-order valence-electron chi connectivity index (χ2n) is 4.27. The fraction of sp³-hybridized carbons (Fsp3) is 0.143. The Hall–Kier alpha value is -1.30. The average Bonchev–Trinajstić information content (AvgIpc) is 2.39. The van der Waals surface area contributed by atoms with E-state index in [1.54, 1.807) is 0 Å². The number of hydrogen-bond acceptors (Lipinski definition) is 1. The molecular formula is C14H8Cl2F4O. The first-order valence-corrected chi connectivity index (χ1v) is 6.46. The molecule has 1 N–H and O–H groups in total. The molecule has 0 aliphatic carbocycles. The van der Waals surface area contributed by atoms with Crippen LogP contribution in [0.4, 0.5) is 17.6 Å². The van der Waals surface area contributed by atoms with Gasteiger partial charge >= 0.3 is 6.18 Å². The van der Waals surface area contributed by atoms with Gasteiger partial charge in [0.25, 0.3) is 0 Å². The van der Waals surface area contributed by atoms with Crippen LogP contribution in [0.25, 0.3) is 0 Å². The van der Waals surface area contributed by atoms with Crippen LogP contribution < -0.4 is 0 Å². The summed E-state index contributed by atoms with van der Waals surface area (Å²) in [6.45, 7) is 0. The molecule has 1 unspecified atom stereocenters. The van der Waals surface area contributed by atoms with Gasteiger partial charge in [-0.15, -0.1) is 0 Å². The Morgan fingerprint density at radius 2 is 1.67 bits per heavy atom. The summed E-state index contributed by atoms with van der Waals surface area (Å²) in [5, 5.41) is 10.4. The largest absolute Gasteiger partial charge is 0.419 e. The lowest BCUT2D eigenvalue weighted by Gasteiger charge is -2.17. The van der Waals surface area contributed by atoms with Crippen molar-refractivity contribution in [3.8, 4) is 0 Å². The van der Waals surface area contributed by atoms with Gasteiger partial charge in [0.1, 0.15) is 11.9 Å². The molecule has 0 bridgehead atoms. The highest BCUT2D eigenvalue weighted by atomic mass is 35.5. The van der Waals surface area contributed by atoms with E-state index in [1.165, 1.54) is 18.2 Å². The summed E-state index contributed by atoms with van der Waals surface area (Å²) in [4.78, 5) is 0. The Morgan fingerprint density at radius 3 is 2.29 bits per heavy atom. The minimum atomic E-state index is -4.85. The van der Waals surface area contributed by atoms with Gasteiger partial charge in [0, 0.05) is 21.2 Å². The molecule has 0 amide bonds. The molecule has 0 aliphatic rings. The molecule has 0 aromatic heterocycles. The predicted octanol–water partition coefficient (Wildman–Crippen LogP) is 5.23. The van der Waals surface area contributed by atoms with Gasteiger partial charge in [-0.3, -0.25) is 0 Å². The Balaban J connectivity index is 2.54. The van der Waals surface area contributed by atoms with Gasteiger partial charge < -0.3 is 5.11 Å². The molecule has 7 heteroatoms. The van der Waals surface area contributed by atoms with E-state index in [1.807, 2.05) is 0 Å². The summed E-state index contributed by atoms with van der Waals surface area (Å²) in [5.74, 6) is -1.53. The summed E-state index contributed by atoms with van der Waals surface area (Å²) in [5.41, 5.74) is -1.94. The zero-order valence-corrected chi connectivity index (χ0v) is 11.8. The van der Waals surface area contributed by atoms with E-state index in [4.69, 9.17) is 23.2 Å². The molecule has 21 heavy (non-hydrogen) atoms. The highest BCUT2D eigenvalue weighted by Crippen LogP contribution is 2.37. The van der Waals surface area contributed by atoms with Crippen molar-refractivity contribution in [2.75, 3.05) is 0 Å². The van der Waals surface area contributed by atoms with E-state index in [2.05, 4.69) is 0 Å². The third kappa shape index (κ3) is 3.31. The van der Waals surface area contributed by atoms with Crippen LogP contribution in [0.5, 0.6) is 0 Å². The van der Waals surface area contributed by atoms with Crippen LogP contribution in [0.2, 0.25) is 10.0 Å². The smallest absolute Gasteiger partial charge is 0.383 e. The second-order valence-corrected chi connectivity index (χ2v) is 5.12. The van der Waals surface area contributed by atoms with Gasteiger partial charge in [0.2, 0.25) is 0 Å². The zero-order valence-electron chi connectivity index (χ0n) is 10.3. The lowest BCUT2D eigenvalue weighted by molar-refractivity contribution is -0.140. The topological polar surface area (TPSA) is 20.2 Å². The maximum absolute atomic E-state index is 14.0. The van der Waals surface area contributed by atoms with Crippen LogP contribution in [0.3, 0.4) is 0 Å². The van der Waals surface area contributed by atoms with Crippen molar-refractivity contribution in [3.63, 3.8) is 0 Å². The minimum Gasteiger partial charge on any atom is -0.383 e. The molecule has 0 aliphatic heterocycles. The van der Waals surface area contributed by atoms with Crippen molar-refractivity contribution < 1.29 is 22.7 Å². The van der Waals surface area contributed by atoms with Gasteiger partial charge in [0.05, 0.1) is 5.56 Å². The highest BCUT2D eigenvalue weighted by molar-refractivity contribution is 6.33. The maximum atomic E-state index is 14.0. The molecule has 1 atom stereocenters. The third-order valence-electron chi connectivity index (χ3n) is 2.88. The summed E-state index contributed by atoms with van der Waals surface area (Å²) in [6.07, 6.45) is -6.50. The van der Waals surface area contributed by atoms with Gasteiger partial charge in [-0.05, 0) is 24.3 Å². The number of rotatable bonds is 2. The Morgan fingerprint density at radius 1 is 1.00 bits per heavy atom. The van der Waals surface area contributed by atoms with E-state index in [0.29, 0.717) is 6.07 Å². The van der Waals surface area contributed by atoms with Gasteiger partial charge in [-0.2, -0.15) is 13.2 Å². The Labute approximate surface area is 127 Å². The maximum Gasteiger partial charge on any atom is 0.419 e. The van der Waals surface area contributed by atoms with Crippen LogP contribution >= 0.6 is 23.2 Å². The van der Waals surface area contributed by atoms with Crippen molar-refractivity contribution in [2.45, 2.75) is 12.3 Å². The lowest BCUT2D eigenvalue weighted by atomic mass is 9.98. The highest BCUT2D eigenvalue weighted by Gasteiger charge is 2.35. The first kappa shape index (κ1) is 16.1. The number of aliphatic hydroxyl groups excluding tert-OH is 1. The number of halogens is 6. The molecule has 0 heterocycles. The fourth-order valence-corrected chi connectivity index (χ4v) is 2.27. The van der Waals surface area contributed by atoms with Crippen LogP contribution in [0.15, 0.2) is 36.4 Å². The van der Waals surface area contributed by atoms with Crippen molar-refractivity contribution in [1.82, 2.24) is 0 Å². The summed E-state index contributed by atoms with van der Waals surface area (Å²) in [7, 11) is 0. The first-order valence-electron chi connectivity index (χ1n) is 5.70. The SMILES string of the molecule is OC(c1cc(Cl)ccc1Cl)c1cccc(C(F)(F)F)c1F. The van der Waals surface area contributed by atoms with Crippen LogP contribution in [0, 0.1) is 5.82 Å². The van der Waals surface area contributed by atoms with E-state index < -0.39 is 29.2 Å². The molecule has 2 rings (SSSR count). The number of hydrogen-bond donors (Lipinski definition) is 1. The second kappa shape index (κ2) is 5.83. The van der Waals surface area contributed by atoms with Gasteiger partial charge in [-0.1, -0.05) is 35.3 Å². The molecule has 1 nitrogen and oxygen atoms in total. The molecule has 0 saturated heterocycles. The van der Waals surface area contributed by atoms with E-state index in [-0.39, 0.29) is 15.6 Å². The Bertz CT molecular complexity index is 671. The quantitative estimate of drug-likeness (QED) is 0.743. The van der Waals surface area contributed by atoms with E-state index >= 15 is 0 Å². The summed E-state index contributed by atoms with van der Waals surface area (Å²) < 4.78 is 52.0. The number of aliphatic hydroxyl groups is 1. The van der Waals surface area contributed by atoms with Crippen LogP contribution in [-0.4, -0.2) is 5.11 Å². The average molecular weight is 339 g/mol. The normalized spacial score (nSPS) is 13.3. The lowest BCUT2D eigenvalue weighted by Crippen LogP contribution is -2.12. The number of alkyl halides is 3. The van der Waals surface area contributed by atoms with Crippen LogP contribution in [0.1, 0.15) is 22.8 Å². The zero-order chi connectivity index (χ0) is 15.8. The monoisotopic (exact) mass is 338 g/mol. The third-order valence-corrected chi connectivity index (χ3v) is 3.46. The predicted molar refractivity (Wildman–Crippen MR) is 71.9 cm³/mol. The van der Waals surface area contributed by atoms with Crippen molar-refractivity contribution >= 4 is 23.2 Å². The van der Waals surface area contributed by atoms with Gasteiger partial charge in [0.15, 0.2) is 0 Å².